The van der Waals surface area contributed by atoms with Crippen LogP contribution in [0.5, 0.6) is 0 Å². The van der Waals surface area contributed by atoms with E-state index in [0.29, 0.717) is 19.5 Å². The summed E-state index contributed by atoms with van der Waals surface area (Å²) in [7, 11) is 0. The van der Waals surface area contributed by atoms with Crippen molar-refractivity contribution in [3.05, 3.63) is 17.5 Å². The molecule has 1 amide bonds. The first kappa shape index (κ1) is 11.7. The lowest BCUT2D eigenvalue weighted by molar-refractivity contribution is -0.122. The summed E-state index contributed by atoms with van der Waals surface area (Å²) < 4.78 is 4.88. The first-order valence-corrected chi connectivity index (χ1v) is 5.00. The molecule has 0 bridgehead atoms. The summed E-state index contributed by atoms with van der Waals surface area (Å²) in [6.07, 6.45) is 0.452. The molecule has 1 unspecified atom stereocenters. The van der Waals surface area contributed by atoms with Crippen LogP contribution >= 0.6 is 0 Å². The van der Waals surface area contributed by atoms with E-state index in [1.54, 1.807) is 6.07 Å². The highest BCUT2D eigenvalue weighted by molar-refractivity contribution is 5.76. The van der Waals surface area contributed by atoms with Gasteiger partial charge in [0.15, 0.2) is 0 Å². The van der Waals surface area contributed by atoms with E-state index in [1.165, 1.54) is 0 Å². The van der Waals surface area contributed by atoms with Crippen LogP contribution in [0.3, 0.4) is 0 Å². The zero-order chi connectivity index (χ0) is 11.3. The van der Waals surface area contributed by atoms with E-state index in [4.69, 9.17) is 10.3 Å². The molecule has 0 aromatic carbocycles. The van der Waals surface area contributed by atoms with Gasteiger partial charge in [0.25, 0.3) is 0 Å². The highest BCUT2D eigenvalue weighted by Crippen LogP contribution is 2.02. The average molecular weight is 211 g/mol. The van der Waals surface area contributed by atoms with E-state index in [-0.39, 0.29) is 11.8 Å². The van der Waals surface area contributed by atoms with Gasteiger partial charge < -0.3 is 15.6 Å². The Hall–Kier alpha value is -1.36. The van der Waals surface area contributed by atoms with E-state index < -0.39 is 0 Å². The first-order valence-electron chi connectivity index (χ1n) is 5.00. The molecule has 0 aliphatic rings. The van der Waals surface area contributed by atoms with Gasteiger partial charge in [-0.3, -0.25) is 4.79 Å². The summed E-state index contributed by atoms with van der Waals surface area (Å²) in [5, 5.41) is 6.53. The molecule has 0 fully saturated rings. The lowest BCUT2D eigenvalue weighted by atomic mass is 10.1. The number of carbonyl (C=O) groups is 1. The van der Waals surface area contributed by atoms with Crippen molar-refractivity contribution in [2.45, 2.75) is 26.8 Å². The molecule has 15 heavy (non-hydrogen) atoms. The summed E-state index contributed by atoms with van der Waals surface area (Å²) >= 11 is 0. The number of nitrogens with two attached hydrogens (primary N) is 1. The summed E-state index contributed by atoms with van der Waals surface area (Å²) in [6, 6.07) is 1.80. The molecule has 5 nitrogen and oxygen atoms in total. The second-order valence-corrected chi connectivity index (χ2v) is 3.75. The Morgan fingerprint density at radius 3 is 3.00 bits per heavy atom. The number of hydrogen-bond donors (Lipinski definition) is 2. The van der Waals surface area contributed by atoms with Crippen molar-refractivity contribution in [2.75, 3.05) is 6.54 Å². The lowest BCUT2D eigenvalue weighted by Crippen LogP contribution is -2.26. The molecule has 3 N–H and O–H groups in total. The normalized spacial score (nSPS) is 12.5. The number of aryl methyl sites for hydroxylation is 1. The van der Waals surface area contributed by atoms with Gasteiger partial charge in [0.1, 0.15) is 11.5 Å². The number of nitrogens with zero attached hydrogens (tertiary/aromatic N) is 1. The van der Waals surface area contributed by atoms with Crippen LogP contribution < -0.4 is 11.1 Å². The molecular formula is C10H17N3O2. The van der Waals surface area contributed by atoms with Crippen LogP contribution in [-0.2, 0) is 11.3 Å². The SMILES string of the molecule is Cc1cc(CNC(=O)CC(C)CN)no1. The van der Waals surface area contributed by atoms with Gasteiger partial charge in [-0.25, -0.2) is 0 Å². The van der Waals surface area contributed by atoms with Crippen LogP contribution in [0.1, 0.15) is 24.8 Å². The summed E-state index contributed by atoms with van der Waals surface area (Å²) in [6.45, 7) is 4.69. The van der Waals surface area contributed by atoms with Gasteiger partial charge in [-0.15, -0.1) is 0 Å². The van der Waals surface area contributed by atoms with Crippen LogP contribution in [0.15, 0.2) is 10.6 Å². The van der Waals surface area contributed by atoms with Gasteiger partial charge in [-0.1, -0.05) is 12.1 Å². The Kier molecular flexibility index (Phi) is 4.30. The van der Waals surface area contributed by atoms with Gasteiger partial charge in [0.2, 0.25) is 5.91 Å². The Balaban J connectivity index is 2.28. The van der Waals surface area contributed by atoms with Crippen molar-refractivity contribution in [3.63, 3.8) is 0 Å². The van der Waals surface area contributed by atoms with Crippen molar-refractivity contribution < 1.29 is 9.32 Å². The largest absolute Gasteiger partial charge is 0.361 e. The molecule has 0 saturated heterocycles. The number of carbonyl (C=O) groups excluding carboxylic acids is 1. The fourth-order valence-corrected chi connectivity index (χ4v) is 1.16. The second-order valence-electron chi connectivity index (χ2n) is 3.75. The van der Waals surface area contributed by atoms with E-state index in [1.807, 2.05) is 13.8 Å². The van der Waals surface area contributed by atoms with Crippen molar-refractivity contribution in [2.24, 2.45) is 11.7 Å². The predicted molar refractivity (Wildman–Crippen MR) is 55.9 cm³/mol. The molecule has 0 radical (unpaired) electrons. The fraction of sp³-hybridized carbons (Fsp3) is 0.600. The zero-order valence-corrected chi connectivity index (χ0v) is 9.12. The van der Waals surface area contributed by atoms with Gasteiger partial charge in [0.05, 0.1) is 6.54 Å². The predicted octanol–water partition coefficient (Wildman–Crippen LogP) is 0.584. The summed E-state index contributed by atoms with van der Waals surface area (Å²) in [5.74, 6) is 0.951. The van der Waals surface area contributed by atoms with Crippen LogP contribution in [0.4, 0.5) is 0 Å². The maximum absolute atomic E-state index is 11.4. The van der Waals surface area contributed by atoms with Crippen LogP contribution in [0, 0.1) is 12.8 Å². The van der Waals surface area contributed by atoms with Crippen molar-refractivity contribution >= 4 is 5.91 Å². The van der Waals surface area contributed by atoms with E-state index in [2.05, 4.69) is 10.5 Å². The molecule has 1 aromatic heterocycles. The maximum atomic E-state index is 11.4. The van der Waals surface area contributed by atoms with Crippen molar-refractivity contribution in [1.82, 2.24) is 10.5 Å². The monoisotopic (exact) mass is 211 g/mol. The number of amides is 1. The Bertz CT molecular complexity index is 322. The Morgan fingerprint density at radius 1 is 1.73 bits per heavy atom. The van der Waals surface area contributed by atoms with Gasteiger partial charge in [0, 0.05) is 12.5 Å². The van der Waals surface area contributed by atoms with Gasteiger partial charge in [-0.2, -0.15) is 0 Å². The fourth-order valence-electron chi connectivity index (χ4n) is 1.16. The zero-order valence-electron chi connectivity index (χ0n) is 9.12. The van der Waals surface area contributed by atoms with Crippen molar-refractivity contribution in [1.29, 1.82) is 0 Å². The van der Waals surface area contributed by atoms with E-state index in [9.17, 15) is 4.79 Å². The van der Waals surface area contributed by atoms with Gasteiger partial charge in [-0.05, 0) is 19.4 Å². The highest BCUT2D eigenvalue weighted by atomic mass is 16.5. The quantitative estimate of drug-likeness (QED) is 0.746. The lowest BCUT2D eigenvalue weighted by Gasteiger charge is -2.07. The maximum Gasteiger partial charge on any atom is 0.220 e. The molecular weight excluding hydrogens is 194 g/mol. The highest BCUT2D eigenvalue weighted by Gasteiger charge is 2.08. The van der Waals surface area contributed by atoms with Gasteiger partial charge >= 0.3 is 0 Å². The molecule has 0 saturated carbocycles. The summed E-state index contributed by atoms with van der Waals surface area (Å²) in [5.41, 5.74) is 6.16. The molecule has 0 aliphatic carbocycles. The summed E-state index contributed by atoms with van der Waals surface area (Å²) in [4.78, 5) is 11.4. The molecule has 1 heterocycles. The molecule has 84 valence electrons. The van der Waals surface area contributed by atoms with Crippen LogP contribution in [-0.4, -0.2) is 17.6 Å². The van der Waals surface area contributed by atoms with E-state index >= 15 is 0 Å². The number of nitrogens with one attached hydrogen (secondary N) is 1. The smallest absolute Gasteiger partial charge is 0.220 e. The third kappa shape index (κ3) is 4.12. The third-order valence-corrected chi connectivity index (χ3v) is 2.08. The van der Waals surface area contributed by atoms with Crippen molar-refractivity contribution in [3.8, 4) is 0 Å². The Labute approximate surface area is 89.0 Å². The Morgan fingerprint density at radius 2 is 2.47 bits per heavy atom. The minimum Gasteiger partial charge on any atom is -0.361 e. The second kappa shape index (κ2) is 5.50. The van der Waals surface area contributed by atoms with Crippen LogP contribution in [0.2, 0.25) is 0 Å². The topological polar surface area (TPSA) is 81.2 Å². The molecule has 0 spiro atoms. The van der Waals surface area contributed by atoms with Crippen LogP contribution in [0.25, 0.3) is 0 Å². The number of hydrogen-bond acceptors (Lipinski definition) is 4. The molecule has 0 aliphatic heterocycles. The minimum absolute atomic E-state index is 0.00592. The average Bonchev–Trinajstić information content (AvgIpc) is 2.61. The van der Waals surface area contributed by atoms with E-state index in [0.717, 1.165) is 11.5 Å². The molecule has 5 heteroatoms. The number of rotatable bonds is 5. The molecule has 1 rings (SSSR count). The first-order chi connectivity index (χ1) is 7.11. The standard InChI is InChI=1S/C10H17N3O2/c1-7(5-11)3-10(14)12-6-9-4-8(2)15-13-9/h4,7H,3,5-6,11H2,1-2H3,(H,12,14). The number of aromatic nitrogens is 1. The third-order valence-electron chi connectivity index (χ3n) is 2.08. The molecule has 1 atom stereocenters. The minimum atomic E-state index is -0.00592. The molecule has 1 aromatic rings.